The van der Waals surface area contributed by atoms with Gasteiger partial charge in [-0.3, -0.25) is 9.48 Å². The van der Waals surface area contributed by atoms with E-state index >= 15 is 0 Å². The Kier molecular flexibility index (Phi) is 3.72. The Morgan fingerprint density at radius 3 is 2.56 bits per heavy atom. The van der Waals surface area contributed by atoms with Gasteiger partial charge in [0.1, 0.15) is 0 Å². The summed E-state index contributed by atoms with van der Waals surface area (Å²) in [7, 11) is 0. The lowest BCUT2D eigenvalue weighted by molar-refractivity contribution is 0.102. The van der Waals surface area contributed by atoms with Crippen LogP contribution in [0.25, 0.3) is 0 Å². The molecule has 18 heavy (non-hydrogen) atoms. The average molecular weight is 261 g/mol. The second kappa shape index (κ2) is 5.27. The van der Waals surface area contributed by atoms with Crippen molar-refractivity contribution in [3.8, 4) is 0 Å². The zero-order valence-electron chi connectivity index (χ0n) is 10.3. The molecule has 0 bridgehead atoms. The number of thiol groups is 1. The Morgan fingerprint density at radius 1 is 1.33 bits per heavy atom. The quantitative estimate of drug-likeness (QED) is 0.834. The van der Waals surface area contributed by atoms with Crippen molar-refractivity contribution in [3.63, 3.8) is 0 Å². The van der Waals surface area contributed by atoms with Crippen LogP contribution in [-0.4, -0.2) is 15.7 Å². The maximum Gasteiger partial charge on any atom is 0.255 e. The maximum absolute atomic E-state index is 11.9. The van der Waals surface area contributed by atoms with Gasteiger partial charge in [-0.1, -0.05) is 0 Å². The summed E-state index contributed by atoms with van der Waals surface area (Å²) >= 11 is 4.18. The van der Waals surface area contributed by atoms with Crippen molar-refractivity contribution in [1.82, 2.24) is 9.78 Å². The molecule has 0 aliphatic rings. The highest BCUT2D eigenvalue weighted by atomic mass is 32.1. The van der Waals surface area contributed by atoms with Gasteiger partial charge in [0, 0.05) is 22.7 Å². The predicted molar refractivity (Wildman–Crippen MR) is 74.3 cm³/mol. The van der Waals surface area contributed by atoms with Crippen LogP contribution in [0, 0.1) is 0 Å². The molecule has 2 rings (SSSR count). The van der Waals surface area contributed by atoms with Gasteiger partial charge in [0.2, 0.25) is 0 Å². The first-order valence-electron chi connectivity index (χ1n) is 5.71. The molecular formula is C13H15N3OS. The number of hydrogen-bond acceptors (Lipinski definition) is 3. The minimum atomic E-state index is -0.147. The van der Waals surface area contributed by atoms with Gasteiger partial charge in [0.25, 0.3) is 5.91 Å². The first-order valence-corrected chi connectivity index (χ1v) is 6.15. The van der Waals surface area contributed by atoms with Gasteiger partial charge in [-0.05, 0) is 38.1 Å². The van der Waals surface area contributed by atoms with Crippen LogP contribution in [0.15, 0.2) is 41.6 Å². The fourth-order valence-corrected chi connectivity index (χ4v) is 1.65. The van der Waals surface area contributed by atoms with Crippen LogP contribution in [0.1, 0.15) is 30.2 Å². The molecule has 5 heteroatoms. The van der Waals surface area contributed by atoms with Crippen LogP contribution in [0.2, 0.25) is 0 Å². The number of aromatic nitrogens is 2. The zero-order valence-corrected chi connectivity index (χ0v) is 11.2. The van der Waals surface area contributed by atoms with E-state index in [4.69, 9.17) is 0 Å². The van der Waals surface area contributed by atoms with Gasteiger partial charge < -0.3 is 5.32 Å². The van der Waals surface area contributed by atoms with Crippen molar-refractivity contribution < 1.29 is 4.79 Å². The Balaban J connectivity index is 2.08. The zero-order chi connectivity index (χ0) is 13.1. The van der Waals surface area contributed by atoms with Gasteiger partial charge in [0.05, 0.1) is 11.9 Å². The highest BCUT2D eigenvalue weighted by molar-refractivity contribution is 7.80. The minimum Gasteiger partial charge on any atom is -0.319 e. The second-order valence-corrected chi connectivity index (χ2v) is 4.82. The molecule has 0 atom stereocenters. The summed E-state index contributed by atoms with van der Waals surface area (Å²) < 4.78 is 1.80. The number of benzene rings is 1. The standard InChI is InChI=1S/C13H15N3OS/c1-9(2)16-8-11(7-14-16)15-13(17)10-3-5-12(18)6-4-10/h3-9,18H,1-2H3,(H,15,17). The van der Waals surface area contributed by atoms with Crippen LogP contribution in [0.5, 0.6) is 0 Å². The lowest BCUT2D eigenvalue weighted by atomic mass is 10.2. The third kappa shape index (κ3) is 2.92. The molecule has 1 amide bonds. The van der Waals surface area contributed by atoms with Crippen molar-refractivity contribution in [2.24, 2.45) is 0 Å². The summed E-state index contributed by atoms with van der Waals surface area (Å²) in [6.07, 6.45) is 3.46. The van der Waals surface area contributed by atoms with Gasteiger partial charge in [0.15, 0.2) is 0 Å². The Labute approximate surface area is 111 Å². The molecule has 1 aromatic carbocycles. The highest BCUT2D eigenvalue weighted by Crippen LogP contribution is 2.13. The lowest BCUT2D eigenvalue weighted by Crippen LogP contribution is -2.11. The van der Waals surface area contributed by atoms with E-state index in [2.05, 4.69) is 23.0 Å². The monoisotopic (exact) mass is 261 g/mol. The smallest absolute Gasteiger partial charge is 0.255 e. The third-order valence-electron chi connectivity index (χ3n) is 2.52. The third-order valence-corrected chi connectivity index (χ3v) is 2.82. The topological polar surface area (TPSA) is 46.9 Å². The van der Waals surface area contributed by atoms with E-state index in [1.807, 2.05) is 20.0 Å². The molecule has 0 aliphatic carbocycles. The molecule has 4 nitrogen and oxygen atoms in total. The number of anilines is 1. The highest BCUT2D eigenvalue weighted by Gasteiger charge is 2.08. The molecule has 0 saturated carbocycles. The Morgan fingerprint density at radius 2 is 2.00 bits per heavy atom. The van der Waals surface area contributed by atoms with Gasteiger partial charge >= 0.3 is 0 Å². The van der Waals surface area contributed by atoms with Crippen molar-refractivity contribution in [1.29, 1.82) is 0 Å². The SMILES string of the molecule is CC(C)n1cc(NC(=O)c2ccc(S)cc2)cn1. The second-order valence-electron chi connectivity index (χ2n) is 4.30. The van der Waals surface area contributed by atoms with Crippen LogP contribution in [0.3, 0.4) is 0 Å². The van der Waals surface area contributed by atoms with Gasteiger partial charge in [-0.2, -0.15) is 5.10 Å². The molecule has 94 valence electrons. The normalized spacial score (nSPS) is 10.7. The predicted octanol–water partition coefficient (Wildman–Crippen LogP) is 3.01. The van der Waals surface area contributed by atoms with E-state index < -0.39 is 0 Å². The molecule has 2 aromatic rings. The van der Waals surface area contributed by atoms with Crippen molar-refractivity contribution in [2.45, 2.75) is 24.8 Å². The molecule has 0 radical (unpaired) electrons. The van der Waals surface area contributed by atoms with Crippen molar-refractivity contribution in [3.05, 3.63) is 42.2 Å². The average Bonchev–Trinajstić information content (AvgIpc) is 2.78. The van der Waals surface area contributed by atoms with Crippen LogP contribution in [-0.2, 0) is 0 Å². The van der Waals surface area contributed by atoms with E-state index in [0.717, 1.165) is 4.90 Å². The molecule has 0 saturated heterocycles. The molecule has 1 heterocycles. The largest absolute Gasteiger partial charge is 0.319 e. The van der Waals surface area contributed by atoms with E-state index in [-0.39, 0.29) is 11.9 Å². The number of amides is 1. The molecule has 0 aliphatic heterocycles. The van der Waals surface area contributed by atoms with Gasteiger partial charge in [-0.25, -0.2) is 0 Å². The minimum absolute atomic E-state index is 0.147. The fraction of sp³-hybridized carbons (Fsp3) is 0.231. The molecule has 0 spiro atoms. The molecule has 0 unspecified atom stereocenters. The lowest BCUT2D eigenvalue weighted by Gasteiger charge is -2.04. The van der Waals surface area contributed by atoms with E-state index in [0.29, 0.717) is 11.3 Å². The Hall–Kier alpha value is -1.75. The maximum atomic E-state index is 11.9. The summed E-state index contributed by atoms with van der Waals surface area (Å²) in [5.74, 6) is -0.147. The molecule has 1 N–H and O–H groups in total. The Bertz CT molecular complexity index is 546. The molecular weight excluding hydrogens is 246 g/mol. The number of carbonyl (C=O) groups excluding carboxylic acids is 1. The fourth-order valence-electron chi connectivity index (χ4n) is 1.50. The summed E-state index contributed by atoms with van der Waals surface area (Å²) in [6.45, 7) is 4.06. The first-order chi connectivity index (χ1) is 8.56. The van der Waals surface area contributed by atoms with E-state index in [9.17, 15) is 4.79 Å². The van der Waals surface area contributed by atoms with Crippen LogP contribution >= 0.6 is 12.6 Å². The first kappa shape index (κ1) is 12.7. The number of carbonyl (C=O) groups is 1. The number of hydrogen-bond donors (Lipinski definition) is 2. The molecule has 1 aromatic heterocycles. The van der Waals surface area contributed by atoms with Gasteiger partial charge in [-0.15, -0.1) is 12.6 Å². The summed E-state index contributed by atoms with van der Waals surface area (Å²) in [6, 6.07) is 7.33. The van der Waals surface area contributed by atoms with Crippen LogP contribution < -0.4 is 5.32 Å². The molecule has 0 fully saturated rings. The number of rotatable bonds is 3. The summed E-state index contributed by atoms with van der Waals surface area (Å²) in [5.41, 5.74) is 1.30. The van der Waals surface area contributed by atoms with Crippen molar-refractivity contribution >= 4 is 24.2 Å². The van der Waals surface area contributed by atoms with Crippen molar-refractivity contribution in [2.75, 3.05) is 5.32 Å². The summed E-state index contributed by atoms with van der Waals surface area (Å²) in [4.78, 5) is 12.8. The number of nitrogens with one attached hydrogen (secondary N) is 1. The van der Waals surface area contributed by atoms with E-state index in [1.54, 1.807) is 35.1 Å². The number of nitrogens with zero attached hydrogens (tertiary/aromatic N) is 2. The summed E-state index contributed by atoms with van der Waals surface area (Å²) in [5, 5.41) is 6.97. The van der Waals surface area contributed by atoms with E-state index in [1.165, 1.54) is 0 Å². The van der Waals surface area contributed by atoms with Crippen LogP contribution in [0.4, 0.5) is 5.69 Å².